The van der Waals surface area contributed by atoms with E-state index in [2.05, 4.69) is 14.2 Å². The molecule has 0 unspecified atom stereocenters. The number of nitrogens with zero attached hydrogens (tertiary/aromatic N) is 3. The zero-order valence-corrected chi connectivity index (χ0v) is 16.7. The van der Waals surface area contributed by atoms with E-state index in [1.54, 1.807) is 6.07 Å². The maximum Gasteiger partial charge on any atom is 0.534 e. The van der Waals surface area contributed by atoms with Crippen molar-refractivity contribution in [2.45, 2.75) is 10.4 Å². The second-order valence-electron chi connectivity index (χ2n) is 6.17. The summed E-state index contributed by atoms with van der Waals surface area (Å²) in [4.78, 5) is 7.52. The van der Waals surface area contributed by atoms with Crippen LogP contribution in [0, 0.1) is 0 Å². The Kier molecular flexibility index (Phi) is 4.59. The molecule has 0 aliphatic carbocycles. The van der Waals surface area contributed by atoms with Crippen molar-refractivity contribution in [3.8, 4) is 5.75 Å². The van der Waals surface area contributed by atoms with Crippen LogP contribution in [0.4, 0.5) is 19.0 Å². The lowest BCUT2D eigenvalue weighted by Gasteiger charge is -2.12. The maximum absolute atomic E-state index is 13.3. The Morgan fingerprint density at radius 3 is 2.29 bits per heavy atom. The number of benzene rings is 1. The summed E-state index contributed by atoms with van der Waals surface area (Å²) >= 11 is 0. The van der Waals surface area contributed by atoms with Crippen LogP contribution >= 0.6 is 0 Å². The zero-order valence-electron chi connectivity index (χ0n) is 15.1. The summed E-state index contributed by atoms with van der Waals surface area (Å²) in [5.74, 6) is -1.63. The van der Waals surface area contributed by atoms with Crippen LogP contribution in [0.2, 0.25) is 0 Å². The third-order valence-corrected chi connectivity index (χ3v) is 6.94. The Bertz CT molecular complexity index is 1530. The first-order valence-corrected chi connectivity index (χ1v) is 11.1. The molecule has 0 spiro atoms. The van der Waals surface area contributed by atoms with Crippen LogP contribution in [0.1, 0.15) is 0 Å². The summed E-state index contributed by atoms with van der Waals surface area (Å²) in [6, 6.07) is 9.91. The number of nitrogens with two attached hydrogens (primary N) is 1. The molecule has 4 rings (SSSR count). The van der Waals surface area contributed by atoms with E-state index in [0.29, 0.717) is 0 Å². The molecule has 0 amide bonds. The van der Waals surface area contributed by atoms with Crippen molar-refractivity contribution < 1.29 is 34.2 Å². The SMILES string of the molecule is Nc1ncc2c(c1OS(=O)(=O)C(F)(F)F)c1cccnc1n2S(=O)(=O)c1ccccc1. The van der Waals surface area contributed by atoms with Gasteiger partial charge < -0.3 is 9.92 Å². The molecular formula is C17H11F3N4O5S2. The van der Waals surface area contributed by atoms with Gasteiger partial charge in [0.2, 0.25) is 0 Å². The first kappa shape index (κ1) is 20.9. The lowest BCUT2D eigenvalue weighted by Crippen LogP contribution is -2.28. The van der Waals surface area contributed by atoms with Gasteiger partial charge >= 0.3 is 15.6 Å². The molecule has 0 saturated heterocycles. The van der Waals surface area contributed by atoms with Gasteiger partial charge in [0.25, 0.3) is 10.0 Å². The van der Waals surface area contributed by atoms with Crippen LogP contribution in [0.25, 0.3) is 21.9 Å². The molecule has 0 aliphatic rings. The number of aromatic nitrogens is 3. The van der Waals surface area contributed by atoms with Crippen LogP contribution in [-0.4, -0.2) is 36.3 Å². The normalized spacial score (nSPS) is 13.0. The maximum atomic E-state index is 13.3. The highest BCUT2D eigenvalue weighted by Crippen LogP contribution is 2.41. The molecule has 4 aromatic rings. The smallest absolute Gasteiger partial charge is 0.381 e. The van der Waals surface area contributed by atoms with Crippen molar-refractivity contribution in [1.82, 2.24) is 13.9 Å². The number of anilines is 1. The van der Waals surface area contributed by atoms with Crippen molar-refractivity contribution in [2.24, 2.45) is 0 Å². The van der Waals surface area contributed by atoms with Crippen molar-refractivity contribution in [3.63, 3.8) is 0 Å². The van der Waals surface area contributed by atoms with Crippen LogP contribution in [0.5, 0.6) is 5.75 Å². The highest BCUT2D eigenvalue weighted by atomic mass is 32.2. The minimum Gasteiger partial charge on any atom is -0.381 e. The molecule has 9 nitrogen and oxygen atoms in total. The van der Waals surface area contributed by atoms with E-state index in [-0.39, 0.29) is 26.8 Å². The molecule has 1 aromatic carbocycles. The lowest BCUT2D eigenvalue weighted by atomic mass is 10.2. The Morgan fingerprint density at radius 2 is 1.65 bits per heavy atom. The second kappa shape index (κ2) is 6.81. The topological polar surface area (TPSA) is 134 Å². The molecule has 0 bridgehead atoms. The van der Waals surface area contributed by atoms with Gasteiger partial charge in [-0.1, -0.05) is 18.2 Å². The number of hydrogen-bond acceptors (Lipinski definition) is 8. The fraction of sp³-hybridized carbons (Fsp3) is 0.0588. The third-order valence-electron chi connectivity index (χ3n) is 4.27. The number of rotatable bonds is 4. The van der Waals surface area contributed by atoms with Gasteiger partial charge in [-0.3, -0.25) is 0 Å². The van der Waals surface area contributed by atoms with Gasteiger partial charge in [0, 0.05) is 11.6 Å². The molecular weight excluding hydrogens is 461 g/mol. The number of fused-ring (bicyclic) bond motifs is 3. The largest absolute Gasteiger partial charge is 0.534 e. The molecule has 14 heteroatoms. The summed E-state index contributed by atoms with van der Waals surface area (Å²) in [5, 5.41) is -0.304. The van der Waals surface area contributed by atoms with Crippen molar-refractivity contribution in [2.75, 3.05) is 5.73 Å². The summed E-state index contributed by atoms with van der Waals surface area (Å²) < 4.78 is 93.5. The summed E-state index contributed by atoms with van der Waals surface area (Å²) in [7, 11) is -10.4. The average Bonchev–Trinajstić information content (AvgIpc) is 3.05. The second-order valence-corrected chi connectivity index (χ2v) is 9.50. The van der Waals surface area contributed by atoms with Gasteiger partial charge in [-0.2, -0.15) is 21.6 Å². The van der Waals surface area contributed by atoms with Crippen molar-refractivity contribution in [3.05, 3.63) is 54.9 Å². The van der Waals surface area contributed by atoms with Crippen molar-refractivity contribution in [1.29, 1.82) is 0 Å². The van der Waals surface area contributed by atoms with E-state index in [4.69, 9.17) is 5.73 Å². The molecule has 0 radical (unpaired) electrons. The summed E-state index contributed by atoms with van der Waals surface area (Å²) in [5.41, 5.74) is -0.574. The third kappa shape index (κ3) is 3.23. The van der Waals surface area contributed by atoms with E-state index in [9.17, 15) is 30.0 Å². The molecule has 3 heterocycles. The molecule has 2 N–H and O–H groups in total. The first-order chi connectivity index (χ1) is 14.4. The molecule has 162 valence electrons. The molecule has 0 saturated carbocycles. The molecule has 31 heavy (non-hydrogen) atoms. The van der Waals surface area contributed by atoms with Gasteiger partial charge in [0.15, 0.2) is 17.2 Å². The van der Waals surface area contributed by atoms with Gasteiger partial charge in [-0.15, -0.1) is 0 Å². The number of nitrogen functional groups attached to an aromatic ring is 1. The Balaban J connectivity index is 2.12. The van der Waals surface area contributed by atoms with E-state index in [1.807, 2.05) is 0 Å². The highest BCUT2D eigenvalue weighted by Gasteiger charge is 2.49. The lowest BCUT2D eigenvalue weighted by molar-refractivity contribution is -0.0499. The van der Waals surface area contributed by atoms with Crippen LogP contribution < -0.4 is 9.92 Å². The predicted octanol–water partition coefficient (Wildman–Crippen LogP) is 2.63. The molecule has 3 aromatic heterocycles. The van der Waals surface area contributed by atoms with Crippen LogP contribution in [0.15, 0.2) is 59.8 Å². The first-order valence-electron chi connectivity index (χ1n) is 8.30. The Labute approximate surface area is 173 Å². The van der Waals surface area contributed by atoms with E-state index >= 15 is 0 Å². The highest BCUT2D eigenvalue weighted by molar-refractivity contribution is 7.90. The fourth-order valence-electron chi connectivity index (χ4n) is 2.96. The van der Waals surface area contributed by atoms with Gasteiger partial charge in [0.05, 0.1) is 22.0 Å². The summed E-state index contributed by atoms with van der Waals surface area (Å²) in [6.07, 6.45) is 2.25. The monoisotopic (exact) mass is 472 g/mol. The van der Waals surface area contributed by atoms with Crippen LogP contribution in [-0.2, 0) is 20.1 Å². The quantitative estimate of drug-likeness (QED) is 0.354. The Hall–Kier alpha value is -3.39. The summed E-state index contributed by atoms with van der Waals surface area (Å²) in [6.45, 7) is 0. The number of pyridine rings is 2. The molecule has 0 aliphatic heterocycles. The van der Waals surface area contributed by atoms with Crippen LogP contribution in [0.3, 0.4) is 0 Å². The van der Waals surface area contributed by atoms with E-state index in [0.717, 1.165) is 10.2 Å². The van der Waals surface area contributed by atoms with Gasteiger partial charge in [-0.25, -0.2) is 22.4 Å². The van der Waals surface area contributed by atoms with Gasteiger partial charge in [0.1, 0.15) is 0 Å². The minimum atomic E-state index is -6.11. The molecule has 0 atom stereocenters. The number of hydrogen-bond donors (Lipinski definition) is 1. The van der Waals surface area contributed by atoms with Gasteiger partial charge in [-0.05, 0) is 24.3 Å². The average molecular weight is 472 g/mol. The molecule has 0 fully saturated rings. The van der Waals surface area contributed by atoms with Crippen molar-refractivity contribution >= 4 is 47.9 Å². The standard InChI is InChI=1S/C17H11F3N4O5S2/c18-17(19,20)31(27,28)29-14-13-11-7-4-8-22-16(11)24(12(13)9-23-15(14)21)30(25,26)10-5-2-1-3-6-10/h1-9H,(H2,21,23). The fourth-order valence-corrected chi connectivity index (χ4v) is 4.93. The predicted molar refractivity (Wildman–Crippen MR) is 104 cm³/mol. The number of halogens is 3. The van der Waals surface area contributed by atoms with E-state index in [1.165, 1.54) is 42.6 Å². The van der Waals surface area contributed by atoms with E-state index < -0.39 is 37.2 Å². The minimum absolute atomic E-state index is 0.00141. The Morgan fingerprint density at radius 1 is 0.968 bits per heavy atom. The zero-order chi connectivity index (χ0) is 22.6. The number of alkyl halides is 3.